The lowest BCUT2D eigenvalue weighted by atomic mass is 10.0. The van der Waals surface area contributed by atoms with Crippen LogP contribution in [0.4, 0.5) is 0 Å². The first-order valence-corrected chi connectivity index (χ1v) is 7.07. The lowest BCUT2D eigenvalue weighted by molar-refractivity contribution is 0.452. The molecule has 0 aliphatic rings. The van der Waals surface area contributed by atoms with E-state index in [4.69, 9.17) is 0 Å². The Balaban J connectivity index is 2.06. The molecule has 0 amide bonds. The number of benzene rings is 1. The normalized spacial score (nSPS) is 12.6. The van der Waals surface area contributed by atoms with Crippen molar-refractivity contribution in [2.24, 2.45) is 0 Å². The third-order valence-electron chi connectivity index (χ3n) is 3.21. The number of phenolic OH excluding ortho intramolecular Hbond substituents is 1. The van der Waals surface area contributed by atoms with Gasteiger partial charge in [-0.05, 0) is 48.7 Å². The molecule has 0 aliphatic heterocycles. The van der Waals surface area contributed by atoms with Crippen LogP contribution in [0.15, 0.2) is 29.0 Å². The fraction of sp³-hybridized carbons (Fsp3) is 0.333. The average molecular weight is 261 g/mol. The molecule has 2 aromatic rings. The van der Waals surface area contributed by atoms with Gasteiger partial charge in [0.2, 0.25) is 0 Å². The summed E-state index contributed by atoms with van der Waals surface area (Å²) >= 11 is 1.73. The van der Waals surface area contributed by atoms with E-state index in [1.165, 1.54) is 16.7 Å². The van der Waals surface area contributed by atoms with E-state index < -0.39 is 0 Å². The Morgan fingerprint density at radius 1 is 1.28 bits per heavy atom. The molecule has 0 saturated heterocycles. The van der Waals surface area contributed by atoms with Crippen LogP contribution < -0.4 is 5.32 Å². The van der Waals surface area contributed by atoms with Crippen LogP contribution in [0, 0.1) is 13.8 Å². The van der Waals surface area contributed by atoms with Crippen LogP contribution in [-0.4, -0.2) is 5.11 Å². The van der Waals surface area contributed by atoms with Crippen LogP contribution in [-0.2, 0) is 6.54 Å². The highest BCUT2D eigenvalue weighted by Crippen LogP contribution is 2.25. The molecule has 1 unspecified atom stereocenters. The lowest BCUT2D eigenvalue weighted by Crippen LogP contribution is -2.18. The summed E-state index contributed by atoms with van der Waals surface area (Å²) in [7, 11) is 0. The molecule has 1 aromatic heterocycles. The topological polar surface area (TPSA) is 32.3 Å². The van der Waals surface area contributed by atoms with Crippen LogP contribution in [0.25, 0.3) is 0 Å². The van der Waals surface area contributed by atoms with Crippen LogP contribution in [0.5, 0.6) is 5.75 Å². The zero-order valence-electron chi connectivity index (χ0n) is 11.0. The van der Waals surface area contributed by atoms with Crippen LogP contribution >= 0.6 is 11.3 Å². The van der Waals surface area contributed by atoms with Gasteiger partial charge < -0.3 is 10.4 Å². The molecule has 2 nitrogen and oxygen atoms in total. The predicted molar refractivity (Wildman–Crippen MR) is 77.2 cm³/mol. The fourth-order valence-electron chi connectivity index (χ4n) is 1.96. The quantitative estimate of drug-likeness (QED) is 0.874. The molecule has 0 spiro atoms. The van der Waals surface area contributed by atoms with E-state index >= 15 is 0 Å². The van der Waals surface area contributed by atoms with Crippen molar-refractivity contribution in [2.45, 2.75) is 33.4 Å². The predicted octanol–water partition coefficient (Wildman–Crippen LogP) is 3.92. The molecule has 1 aromatic carbocycles. The summed E-state index contributed by atoms with van der Waals surface area (Å²) < 4.78 is 0. The summed E-state index contributed by atoms with van der Waals surface area (Å²) in [6, 6.07) is 5.87. The maximum absolute atomic E-state index is 9.88. The second kappa shape index (κ2) is 5.55. The molecular formula is C15H19NOS. The van der Waals surface area contributed by atoms with Gasteiger partial charge in [-0.25, -0.2) is 0 Å². The average Bonchev–Trinajstić information content (AvgIpc) is 2.75. The van der Waals surface area contributed by atoms with Crippen molar-refractivity contribution < 1.29 is 5.11 Å². The van der Waals surface area contributed by atoms with Gasteiger partial charge >= 0.3 is 0 Å². The molecule has 0 bridgehead atoms. The Bertz CT molecular complexity index is 533. The number of phenols is 1. The number of nitrogens with one attached hydrogen (secondary N) is 1. The second-order valence-corrected chi connectivity index (χ2v) is 5.49. The summed E-state index contributed by atoms with van der Waals surface area (Å²) in [5, 5.41) is 17.7. The molecule has 2 rings (SSSR count). The van der Waals surface area contributed by atoms with Crippen molar-refractivity contribution >= 4 is 11.3 Å². The van der Waals surface area contributed by atoms with E-state index in [-0.39, 0.29) is 6.04 Å². The van der Waals surface area contributed by atoms with E-state index in [1.807, 2.05) is 19.1 Å². The first-order valence-electron chi connectivity index (χ1n) is 6.12. The van der Waals surface area contributed by atoms with Crippen LogP contribution in [0.3, 0.4) is 0 Å². The third-order valence-corrected chi connectivity index (χ3v) is 4.12. The number of rotatable bonds is 4. The highest BCUT2D eigenvalue weighted by molar-refractivity contribution is 7.08. The summed E-state index contributed by atoms with van der Waals surface area (Å²) in [5.74, 6) is 0.364. The van der Waals surface area contributed by atoms with Gasteiger partial charge in [-0.1, -0.05) is 17.7 Å². The van der Waals surface area contributed by atoms with E-state index in [2.05, 4.69) is 29.9 Å². The molecule has 0 radical (unpaired) electrons. The molecule has 18 heavy (non-hydrogen) atoms. The van der Waals surface area contributed by atoms with Gasteiger partial charge in [0.1, 0.15) is 5.75 Å². The Labute approximate surface area is 112 Å². The fourth-order valence-corrected chi connectivity index (χ4v) is 2.82. The minimum Gasteiger partial charge on any atom is -0.508 e. The van der Waals surface area contributed by atoms with Crippen molar-refractivity contribution in [1.82, 2.24) is 5.32 Å². The largest absolute Gasteiger partial charge is 0.508 e. The van der Waals surface area contributed by atoms with Gasteiger partial charge in [-0.3, -0.25) is 0 Å². The van der Waals surface area contributed by atoms with Crippen molar-refractivity contribution in [3.63, 3.8) is 0 Å². The van der Waals surface area contributed by atoms with Gasteiger partial charge in [0, 0.05) is 18.2 Å². The number of aryl methyl sites for hydroxylation is 2. The highest BCUT2D eigenvalue weighted by Gasteiger charge is 2.10. The molecule has 96 valence electrons. The molecule has 0 saturated carbocycles. The van der Waals surface area contributed by atoms with Crippen LogP contribution in [0.1, 0.15) is 35.2 Å². The van der Waals surface area contributed by atoms with Crippen molar-refractivity contribution in [3.8, 4) is 5.75 Å². The zero-order chi connectivity index (χ0) is 13.1. The van der Waals surface area contributed by atoms with Gasteiger partial charge in [-0.2, -0.15) is 11.3 Å². The van der Waals surface area contributed by atoms with Gasteiger partial charge in [-0.15, -0.1) is 0 Å². The SMILES string of the molecule is Cc1ccc(O)c(C(C)NCc2cscc2C)c1. The minimum absolute atomic E-state index is 0.143. The first-order chi connectivity index (χ1) is 8.58. The van der Waals surface area contributed by atoms with E-state index in [0.29, 0.717) is 5.75 Å². The smallest absolute Gasteiger partial charge is 0.120 e. The molecule has 1 atom stereocenters. The molecule has 1 heterocycles. The van der Waals surface area contributed by atoms with Crippen LogP contribution in [0.2, 0.25) is 0 Å². The number of hydrogen-bond donors (Lipinski definition) is 2. The van der Waals surface area contributed by atoms with Crippen molar-refractivity contribution in [1.29, 1.82) is 0 Å². The van der Waals surface area contributed by atoms with Gasteiger partial charge in [0.15, 0.2) is 0 Å². The van der Waals surface area contributed by atoms with E-state index in [1.54, 1.807) is 17.4 Å². The summed E-state index contributed by atoms with van der Waals surface area (Å²) in [4.78, 5) is 0. The summed E-state index contributed by atoms with van der Waals surface area (Å²) in [5.41, 5.74) is 4.79. The van der Waals surface area contributed by atoms with Gasteiger partial charge in [0.05, 0.1) is 0 Å². The zero-order valence-corrected chi connectivity index (χ0v) is 11.8. The third kappa shape index (κ3) is 2.92. The van der Waals surface area contributed by atoms with E-state index in [9.17, 15) is 5.11 Å². The molecule has 3 heteroatoms. The molecular weight excluding hydrogens is 242 g/mol. The van der Waals surface area contributed by atoms with Gasteiger partial charge in [0.25, 0.3) is 0 Å². The number of thiophene rings is 1. The second-order valence-electron chi connectivity index (χ2n) is 4.74. The molecule has 0 aliphatic carbocycles. The minimum atomic E-state index is 0.143. The molecule has 0 fully saturated rings. The highest BCUT2D eigenvalue weighted by atomic mass is 32.1. The lowest BCUT2D eigenvalue weighted by Gasteiger charge is -2.16. The Morgan fingerprint density at radius 3 is 2.72 bits per heavy atom. The molecule has 2 N–H and O–H groups in total. The maximum atomic E-state index is 9.88. The van der Waals surface area contributed by atoms with Crippen molar-refractivity contribution in [3.05, 3.63) is 51.2 Å². The standard InChI is InChI=1S/C15H19NOS/c1-10-4-5-15(17)14(6-10)12(3)16-7-13-9-18-8-11(13)2/h4-6,8-9,12,16-17H,7H2,1-3H3. The Hall–Kier alpha value is -1.32. The summed E-state index contributed by atoms with van der Waals surface area (Å²) in [6.45, 7) is 7.08. The maximum Gasteiger partial charge on any atom is 0.120 e. The van der Waals surface area contributed by atoms with E-state index in [0.717, 1.165) is 12.1 Å². The monoisotopic (exact) mass is 261 g/mol. The first kappa shape index (κ1) is 13.1. The number of aromatic hydroxyl groups is 1. The summed E-state index contributed by atoms with van der Waals surface area (Å²) in [6.07, 6.45) is 0. The van der Waals surface area contributed by atoms with Crippen molar-refractivity contribution in [2.75, 3.05) is 0 Å². The Kier molecular flexibility index (Phi) is 4.04. The Morgan fingerprint density at radius 2 is 2.06 bits per heavy atom. The number of hydrogen-bond acceptors (Lipinski definition) is 3.